The van der Waals surface area contributed by atoms with Crippen molar-refractivity contribution >= 4 is 23.2 Å². The Hall–Kier alpha value is -0.320. The van der Waals surface area contributed by atoms with Crippen LogP contribution in [0, 0.1) is 0 Å². The summed E-state index contributed by atoms with van der Waals surface area (Å²) in [5.74, 6) is 5.89. The van der Waals surface area contributed by atoms with Crippen molar-refractivity contribution in [1.82, 2.24) is 5.43 Å². The predicted octanol–water partition coefficient (Wildman–Crippen LogP) is 4.63. The van der Waals surface area contributed by atoms with E-state index >= 15 is 0 Å². The second-order valence-electron chi connectivity index (χ2n) is 5.65. The van der Waals surface area contributed by atoms with Gasteiger partial charge in [0.05, 0.1) is 21.7 Å². The minimum atomic E-state index is -0.311. The summed E-state index contributed by atoms with van der Waals surface area (Å²) in [6.45, 7) is 2.69. The number of nitrogens with two attached hydrogens (primary N) is 1. The van der Waals surface area contributed by atoms with E-state index in [4.69, 9.17) is 33.8 Å². The van der Waals surface area contributed by atoms with Crippen LogP contribution in [0.15, 0.2) is 18.2 Å². The molecule has 3 nitrogen and oxygen atoms in total. The third-order valence-corrected chi connectivity index (χ3v) is 5.20. The molecule has 1 unspecified atom stereocenters. The molecule has 21 heavy (non-hydrogen) atoms. The van der Waals surface area contributed by atoms with Gasteiger partial charge < -0.3 is 4.74 Å². The first-order chi connectivity index (χ1) is 10.1. The van der Waals surface area contributed by atoms with E-state index in [0.717, 1.165) is 31.2 Å². The quantitative estimate of drug-likeness (QED) is 0.470. The van der Waals surface area contributed by atoms with E-state index in [1.165, 1.54) is 12.8 Å². The molecule has 5 heteroatoms. The summed E-state index contributed by atoms with van der Waals surface area (Å²) < 4.78 is 6.21. The van der Waals surface area contributed by atoms with Crippen LogP contribution >= 0.6 is 23.2 Å². The predicted molar refractivity (Wildman–Crippen MR) is 88.6 cm³/mol. The van der Waals surface area contributed by atoms with E-state index in [1.807, 2.05) is 19.1 Å². The first-order valence-electron chi connectivity index (χ1n) is 7.68. The van der Waals surface area contributed by atoms with E-state index in [1.54, 1.807) is 6.07 Å². The molecule has 1 saturated carbocycles. The molecule has 0 aromatic heterocycles. The smallest absolute Gasteiger partial charge is 0.0889 e. The Kier molecular flexibility index (Phi) is 6.33. The maximum absolute atomic E-state index is 6.41. The number of hydrogen-bond acceptors (Lipinski definition) is 3. The van der Waals surface area contributed by atoms with E-state index in [0.29, 0.717) is 16.7 Å². The summed E-state index contributed by atoms with van der Waals surface area (Å²) in [6, 6.07) is 5.53. The van der Waals surface area contributed by atoms with Crippen LogP contribution in [0.5, 0.6) is 0 Å². The Labute approximate surface area is 137 Å². The monoisotopic (exact) mass is 330 g/mol. The van der Waals surface area contributed by atoms with E-state index in [2.05, 4.69) is 5.43 Å². The fourth-order valence-electron chi connectivity index (χ4n) is 3.40. The highest BCUT2D eigenvalue weighted by molar-refractivity contribution is 6.42. The van der Waals surface area contributed by atoms with Gasteiger partial charge in [0.2, 0.25) is 0 Å². The zero-order valence-corrected chi connectivity index (χ0v) is 14.0. The van der Waals surface area contributed by atoms with Gasteiger partial charge in [0, 0.05) is 6.61 Å². The SMILES string of the molecule is CCOC1(C(NN)c2cccc(Cl)c2Cl)CCCCCC1. The summed E-state index contributed by atoms with van der Waals surface area (Å²) in [6.07, 6.45) is 6.76. The van der Waals surface area contributed by atoms with Crippen molar-refractivity contribution in [3.05, 3.63) is 33.8 Å². The number of hydrazine groups is 1. The molecule has 1 aliphatic carbocycles. The molecule has 0 heterocycles. The molecule has 1 atom stereocenters. The van der Waals surface area contributed by atoms with Crippen LogP contribution in [0.1, 0.15) is 57.1 Å². The first kappa shape index (κ1) is 17.0. The molecular weight excluding hydrogens is 307 g/mol. The fourth-order valence-corrected chi connectivity index (χ4v) is 3.82. The van der Waals surface area contributed by atoms with Crippen LogP contribution < -0.4 is 11.3 Å². The van der Waals surface area contributed by atoms with E-state index in [-0.39, 0.29) is 11.6 Å². The standard InChI is InChI=1S/C16H24Cl2N2O/c1-2-21-16(10-5-3-4-6-11-16)15(20-19)12-8-7-9-13(17)14(12)18/h7-9,15,20H,2-6,10-11,19H2,1H3. The molecule has 0 bridgehead atoms. The number of rotatable bonds is 5. The highest BCUT2D eigenvalue weighted by Gasteiger charge is 2.41. The van der Waals surface area contributed by atoms with Crippen LogP contribution in [0.3, 0.4) is 0 Å². The summed E-state index contributed by atoms with van der Waals surface area (Å²) in [5.41, 5.74) is 3.55. The van der Waals surface area contributed by atoms with Crippen molar-refractivity contribution in [2.45, 2.75) is 57.1 Å². The normalized spacial score (nSPS) is 20.0. The summed E-state index contributed by atoms with van der Waals surface area (Å²) >= 11 is 12.6. The third kappa shape index (κ3) is 3.72. The number of halogens is 2. The molecule has 2 rings (SSSR count). The van der Waals surface area contributed by atoms with Crippen LogP contribution in [0.25, 0.3) is 0 Å². The lowest BCUT2D eigenvalue weighted by atomic mass is 9.82. The maximum atomic E-state index is 6.41. The Balaban J connectivity index is 2.41. The molecule has 1 aromatic carbocycles. The van der Waals surface area contributed by atoms with E-state index in [9.17, 15) is 0 Å². The highest BCUT2D eigenvalue weighted by Crippen LogP contribution is 2.43. The molecule has 1 fully saturated rings. The average molecular weight is 331 g/mol. The zero-order chi connectivity index (χ0) is 15.3. The van der Waals surface area contributed by atoms with Gasteiger partial charge >= 0.3 is 0 Å². The second kappa shape index (κ2) is 7.80. The molecule has 1 aromatic rings. The Morgan fingerprint density at radius 3 is 2.48 bits per heavy atom. The van der Waals surface area contributed by atoms with Crippen LogP contribution in [-0.2, 0) is 4.74 Å². The van der Waals surface area contributed by atoms with Gasteiger partial charge in [-0.25, -0.2) is 0 Å². The summed E-state index contributed by atoms with van der Waals surface area (Å²) in [5, 5.41) is 1.11. The number of ether oxygens (including phenoxy) is 1. The second-order valence-corrected chi connectivity index (χ2v) is 6.44. The summed E-state index contributed by atoms with van der Waals surface area (Å²) in [4.78, 5) is 0. The molecule has 0 aliphatic heterocycles. The van der Waals surface area contributed by atoms with Crippen molar-refractivity contribution in [1.29, 1.82) is 0 Å². The van der Waals surface area contributed by atoms with Crippen molar-refractivity contribution in [2.75, 3.05) is 6.61 Å². The molecule has 3 N–H and O–H groups in total. The molecule has 0 saturated heterocycles. The van der Waals surface area contributed by atoms with Crippen molar-refractivity contribution in [3.8, 4) is 0 Å². The number of hydrogen-bond donors (Lipinski definition) is 2. The topological polar surface area (TPSA) is 47.3 Å². The van der Waals surface area contributed by atoms with Gasteiger partial charge in [-0.1, -0.05) is 61.0 Å². The van der Waals surface area contributed by atoms with Gasteiger partial charge in [-0.15, -0.1) is 0 Å². The molecule has 1 aliphatic rings. The minimum absolute atomic E-state index is 0.151. The van der Waals surface area contributed by atoms with Crippen molar-refractivity contribution in [2.24, 2.45) is 5.84 Å². The maximum Gasteiger partial charge on any atom is 0.0889 e. The van der Waals surface area contributed by atoms with Gasteiger partial charge in [0.25, 0.3) is 0 Å². The van der Waals surface area contributed by atoms with Gasteiger partial charge in [0.1, 0.15) is 0 Å². The Morgan fingerprint density at radius 2 is 1.90 bits per heavy atom. The lowest BCUT2D eigenvalue weighted by Crippen LogP contribution is -2.48. The fraction of sp³-hybridized carbons (Fsp3) is 0.625. The average Bonchev–Trinajstić information content (AvgIpc) is 2.71. The molecular formula is C16H24Cl2N2O. The minimum Gasteiger partial charge on any atom is -0.373 e. The molecule has 0 amide bonds. The highest BCUT2D eigenvalue weighted by atomic mass is 35.5. The lowest BCUT2D eigenvalue weighted by molar-refractivity contribution is -0.0782. The lowest BCUT2D eigenvalue weighted by Gasteiger charge is -2.40. The van der Waals surface area contributed by atoms with Gasteiger partial charge in [-0.2, -0.15) is 0 Å². The van der Waals surface area contributed by atoms with Gasteiger partial charge in [-0.05, 0) is 31.4 Å². The van der Waals surface area contributed by atoms with Gasteiger partial charge in [-0.3, -0.25) is 11.3 Å². The van der Waals surface area contributed by atoms with Crippen LogP contribution in [-0.4, -0.2) is 12.2 Å². The van der Waals surface area contributed by atoms with Gasteiger partial charge in [0.15, 0.2) is 0 Å². The molecule has 118 valence electrons. The largest absolute Gasteiger partial charge is 0.373 e. The molecule has 0 spiro atoms. The van der Waals surface area contributed by atoms with Crippen LogP contribution in [0.2, 0.25) is 10.0 Å². The third-order valence-electron chi connectivity index (χ3n) is 4.37. The van der Waals surface area contributed by atoms with E-state index < -0.39 is 0 Å². The van der Waals surface area contributed by atoms with Crippen LogP contribution in [0.4, 0.5) is 0 Å². The number of nitrogens with one attached hydrogen (secondary N) is 1. The number of benzene rings is 1. The zero-order valence-electron chi connectivity index (χ0n) is 12.5. The first-order valence-corrected chi connectivity index (χ1v) is 8.44. The van der Waals surface area contributed by atoms with Crippen molar-refractivity contribution < 1.29 is 4.74 Å². The molecule has 0 radical (unpaired) electrons. The summed E-state index contributed by atoms with van der Waals surface area (Å²) in [7, 11) is 0. The Bertz CT molecular complexity index is 460. The Morgan fingerprint density at radius 1 is 1.24 bits per heavy atom. The van der Waals surface area contributed by atoms with Crippen molar-refractivity contribution in [3.63, 3.8) is 0 Å².